The Kier molecular flexibility index (Phi) is 7.59. The number of amides is 1. The fourth-order valence-corrected chi connectivity index (χ4v) is 3.53. The van der Waals surface area contributed by atoms with Crippen molar-refractivity contribution in [3.05, 3.63) is 59.1 Å². The van der Waals surface area contributed by atoms with E-state index < -0.39 is 9.17 Å². The highest BCUT2D eigenvalue weighted by atomic mass is 35.6. The maximum Gasteiger partial charge on any atom is 0.225 e. The van der Waals surface area contributed by atoms with Gasteiger partial charge in [-0.15, -0.1) is 0 Å². The Bertz CT molecular complexity index is 702. The molecule has 1 N–H and O–H groups in total. The summed E-state index contributed by atoms with van der Waals surface area (Å²) in [7, 11) is 1.58. The van der Waals surface area contributed by atoms with Crippen molar-refractivity contribution in [1.29, 1.82) is 0 Å². The summed E-state index contributed by atoms with van der Waals surface area (Å²) in [5, 5.41) is 2.62. The summed E-state index contributed by atoms with van der Waals surface area (Å²) < 4.78 is 3.43. The molecule has 25 heavy (non-hydrogen) atoms. The molecule has 3 nitrogen and oxygen atoms in total. The maximum absolute atomic E-state index is 12.3. The topological polar surface area (TPSA) is 38.3 Å². The molecule has 2 rings (SSSR count). The number of benzene rings is 2. The van der Waals surface area contributed by atoms with Crippen LogP contribution in [0.4, 0.5) is 0 Å². The van der Waals surface area contributed by atoms with Crippen molar-refractivity contribution in [3.8, 4) is 5.75 Å². The molecule has 0 saturated carbocycles. The lowest BCUT2D eigenvalue weighted by Gasteiger charge is -2.25. The highest BCUT2D eigenvalue weighted by molar-refractivity contribution is 8.00. The fourth-order valence-electron chi connectivity index (χ4n) is 1.95. The smallest absolute Gasteiger partial charge is 0.225 e. The van der Waals surface area contributed by atoms with Gasteiger partial charge in [-0.2, -0.15) is 0 Å². The molecule has 0 aliphatic heterocycles. The lowest BCUT2D eigenvalue weighted by molar-refractivity contribution is -0.120. The number of methoxy groups -OCH3 is 1. The van der Waals surface area contributed by atoms with Gasteiger partial charge in [-0.3, -0.25) is 4.79 Å². The molecule has 0 aliphatic rings. The molecule has 1 amide bonds. The van der Waals surface area contributed by atoms with Crippen molar-refractivity contribution in [2.24, 2.45) is 0 Å². The maximum atomic E-state index is 12.3. The minimum atomic E-state index is -1.67. The first-order chi connectivity index (χ1) is 11.8. The zero-order valence-electron chi connectivity index (χ0n) is 13.1. The third-order valence-corrected chi connectivity index (χ3v) is 5.73. The van der Waals surface area contributed by atoms with Crippen LogP contribution in [0.2, 0.25) is 5.02 Å². The second-order valence-electron chi connectivity index (χ2n) is 5.09. The van der Waals surface area contributed by atoms with Crippen LogP contribution in [-0.4, -0.2) is 22.2 Å². The van der Waals surface area contributed by atoms with Crippen LogP contribution in [0.5, 0.6) is 5.75 Å². The zero-order chi connectivity index (χ0) is 18.4. The van der Waals surface area contributed by atoms with Gasteiger partial charge in [0.25, 0.3) is 0 Å². The van der Waals surface area contributed by atoms with Crippen molar-refractivity contribution >= 4 is 64.1 Å². The molecule has 2 aromatic rings. The second-order valence-corrected chi connectivity index (χ2v) is 9.07. The van der Waals surface area contributed by atoms with Gasteiger partial charge in [0.05, 0.1) is 13.5 Å². The van der Waals surface area contributed by atoms with Gasteiger partial charge in [0, 0.05) is 9.92 Å². The monoisotopic (exact) mass is 437 g/mol. The summed E-state index contributed by atoms with van der Waals surface area (Å²) in [5.41, 5.74) is 0.831. The van der Waals surface area contributed by atoms with Crippen LogP contribution in [0.15, 0.2) is 53.4 Å². The van der Waals surface area contributed by atoms with Gasteiger partial charge < -0.3 is 10.1 Å². The average Bonchev–Trinajstić information content (AvgIpc) is 2.56. The number of ether oxygens (including phenoxy) is 1. The SMILES string of the molecule is COc1ccc(CC(=O)NC(Sc2ccc(Cl)cc2)C(Cl)(Cl)Cl)cc1. The van der Waals surface area contributed by atoms with Gasteiger partial charge in [-0.25, -0.2) is 0 Å². The first-order valence-corrected chi connectivity index (χ1v) is 9.58. The number of alkyl halides is 3. The Morgan fingerprint density at radius 3 is 2.24 bits per heavy atom. The third-order valence-electron chi connectivity index (χ3n) is 3.18. The van der Waals surface area contributed by atoms with Crippen LogP contribution in [0.25, 0.3) is 0 Å². The molecule has 0 aromatic heterocycles. The van der Waals surface area contributed by atoms with E-state index in [-0.39, 0.29) is 12.3 Å². The molecule has 0 radical (unpaired) electrons. The van der Waals surface area contributed by atoms with Crippen LogP contribution in [0, 0.1) is 0 Å². The van der Waals surface area contributed by atoms with Crippen molar-refractivity contribution in [2.75, 3.05) is 7.11 Å². The van der Waals surface area contributed by atoms with Crippen molar-refractivity contribution in [3.63, 3.8) is 0 Å². The number of thioether (sulfide) groups is 1. The molecule has 0 saturated heterocycles. The Labute approximate surface area is 170 Å². The lowest BCUT2D eigenvalue weighted by Crippen LogP contribution is -2.42. The molecule has 0 heterocycles. The van der Waals surface area contributed by atoms with Crippen LogP contribution >= 0.6 is 58.2 Å². The highest BCUT2D eigenvalue weighted by Gasteiger charge is 2.34. The first kappa shape index (κ1) is 20.5. The molecule has 134 valence electrons. The van der Waals surface area contributed by atoms with Crippen molar-refractivity contribution < 1.29 is 9.53 Å². The molecular formula is C17H15Cl4NO2S. The van der Waals surface area contributed by atoms with Crippen LogP contribution in [-0.2, 0) is 11.2 Å². The molecule has 0 bridgehead atoms. The van der Waals surface area contributed by atoms with E-state index in [1.54, 1.807) is 43.5 Å². The number of carbonyl (C=O) groups is 1. The minimum Gasteiger partial charge on any atom is -0.497 e. The Morgan fingerprint density at radius 2 is 1.72 bits per heavy atom. The summed E-state index contributed by atoms with van der Waals surface area (Å²) in [4.78, 5) is 13.1. The molecule has 0 spiro atoms. The number of carbonyl (C=O) groups excluding carboxylic acids is 1. The molecular weight excluding hydrogens is 424 g/mol. The third kappa shape index (κ3) is 6.80. The molecule has 1 unspecified atom stereocenters. The van der Waals surface area contributed by atoms with E-state index in [1.807, 2.05) is 12.1 Å². The lowest BCUT2D eigenvalue weighted by atomic mass is 10.1. The van der Waals surface area contributed by atoms with E-state index in [2.05, 4.69) is 5.32 Å². The highest BCUT2D eigenvalue weighted by Crippen LogP contribution is 2.39. The summed E-state index contributed by atoms with van der Waals surface area (Å²) >= 11 is 25.2. The van der Waals surface area contributed by atoms with Crippen molar-refractivity contribution in [1.82, 2.24) is 5.32 Å². The summed E-state index contributed by atoms with van der Waals surface area (Å²) in [5.74, 6) is 0.476. The molecule has 2 aromatic carbocycles. The van der Waals surface area contributed by atoms with E-state index in [9.17, 15) is 4.79 Å². The quantitative estimate of drug-likeness (QED) is 0.367. The number of hydrogen-bond donors (Lipinski definition) is 1. The van der Waals surface area contributed by atoms with Crippen molar-refractivity contribution in [2.45, 2.75) is 20.5 Å². The Morgan fingerprint density at radius 1 is 1.12 bits per heavy atom. The summed E-state index contributed by atoms with van der Waals surface area (Å²) in [6, 6.07) is 14.3. The number of rotatable bonds is 6. The van der Waals surface area contributed by atoms with Gasteiger partial charge in [0.15, 0.2) is 0 Å². The zero-order valence-corrected chi connectivity index (χ0v) is 17.0. The van der Waals surface area contributed by atoms with Gasteiger partial charge in [0.1, 0.15) is 11.1 Å². The van der Waals surface area contributed by atoms with Crippen LogP contribution in [0.3, 0.4) is 0 Å². The summed E-state index contributed by atoms with van der Waals surface area (Å²) in [6.45, 7) is 0. The Balaban J connectivity index is 2.02. The number of nitrogens with one attached hydrogen (secondary N) is 1. The Hall–Kier alpha value is -0.780. The van der Waals surface area contributed by atoms with Gasteiger partial charge in [-0.1, -0.05) is 70.3 Å². The van der Waals surface area contributed by atoms with Crippen LogP contribution < -0.4 is 10.1 Å². The second kappa shape index (κ2) is 9.24. The van der Waals surface area contributed by atoms with E-state index in [1.165, 1.54) is 11.8 Å². The fraction of sp³-hybridized carbons (Fsp3) is 0.235. The largest absolute Gasteiger partial charge is 0.497 e. The van der Waals surface area contributed by atoms with E-state index in [0.29, 0.717) is 5.02 Å². The molecule has 0 aliphatic carbocycles. The van der Waals surface area contributed by atoms with Crippen LogP contribution in [0.1, 0.15) is 5.56 Å². The van der Waals surface area contributed by atoms with Gasteiger partial charge in [-0.05, 0) is 42.0 Å². The number of halogens is 4. The van der Waals surface area contributed by atoms with E-state index in [0.717, 1.165) is 16.2 Å². The van der Waals surface area contributed by atoms with E-state index in [4.69, 9.17) is 51.1 Å². The van der Waals surface area contributed by atoms with E-state index >= 15 is 0 Å². The van der Waals surface area contributed by atoms with Gasteiger partial charge in [0.2, 0.25) is 9.70 Å². The standard InChI is InChI=1S/C17H15Cl4NO2S/c1-24-13-6-2-11(3-7-13)10-15(23)22-16(17(19,20)21)25-14-8-4-12(18)5-9-14/h2-9,16H,10H2,1H3,(H,22,23). The molecule has 0 fully saturated rings. The predicted octanol–water partition coefficient (Wildman–Crippen LogP) is 5.50. The molecule has 1 atom stereocenters. The number of hydrogen-bond acceptors (Lipinski definition) is 3. The summed E-state index contributed by atoms with van der Waals surface area (Å²) in [6.07, 6.45) is 0.169. The normalized spacial score (nSPS) is 12.5. The first-order valence-electron chi connectivity index (χ1n) is 7.19. The minimum absolute atomic E-state index is 0.169. The average molecular weight is 439 g/mol. The van der Waals surface area contributed by atoms with Gasteiger partial charge >= 0.3 is 0 Å². The molecule has 8 heteroatoms. The predicted molar refractivity (Wildman–Crippen MR) is 106 cm³/mol.